The van der Waals surface area contributed by atoms with Crippen LogP contribution in [0.5, 0.6) is 0 Å². The first-order valence-electron chi connectivity index (χ1n) is 7.01. The Morgan fingerprint density at radius 2 is 1.79 bits per heavy atom. The molecule has 0 N–H and O–H groups in total. The quantitative estimate of drug-likeness (QED) is 0.713. The van der Waals surface area contributed by atoms with E-state index >= 15 is 0 Å². The third-order valence-corrected chi connectivity index (χ3v) is 3.60. The SMILES string of the molecule is CCCC(C)(C)O[C@@H]1CO[C@H]2[C@@H]1OC[C@H]2OC(C)=O. The van der Waals surface area contributed by atoms with Crippen molar-refractivity contribution in [3.8, 4) is 0 Å². The van der Waals surface area contributed by atoms with Crippen molar-refractivity contribution in [3.63, 3.8) is 0 Å². The fourth-order valence-corrected chi connectivity index (χ4v) is 2.92. The minimum Gasteiger partial charge on any atom is -0.457 e. The molecule has 0 aromatic heterocycles. The van der Waals surface area contributed by atoms with Gasteiger partial charge in [-0.05, 0) is 20.3 Å². The van der Waals surface area contributed by atoms with Crippen molar-refractivity contribution in [1.29, 1.82) is 0 Å². The second kappa shape index (κ2) is 5.77. The summed E-state index contributed by atoms with van der Waals surface area (Å²) in [6, 6.07) is 0. The van der Waals surface area contributed by atoms with E-state index in [1.165, 1.54) is 6.92 Å². The first-order chi connectivity index (χ1) is 8.93. The topological polar surface area (TPSA) is 54.0 Å². The van der Waals surface area contributed by atoms with Gasteiger partial charge >= 0.3 is 5.97 Å². The molecule has 2 aliphatic rings. The molecule has 110 valence electrons. The largest absolute Gasteiger partial charge is 0.457 e. The van der Waals surface area contributed by atoms with E-state index in [1.807, 2.05) is 0 Å². The molecule has 2 rings (SSSR count). The van der Waals surface area contributed by atoms with Crippen molar-refractivity contribution in [2.24, 2.45) is 0 Å². The molecule has 0 aromatic rings. The van der Waals surface area contributed by atoms with Crippen LogP contribution >= 0.6 is 0 Å². The maximum atomic E-state index is 11.0. The minimum absolute atomic E-state index is 0.0768. The zero-order chi connectivity index (χ0) is 14.0. The first kappa shape index (κ1) is 14.8. The van der Waals surface area contributed by atoms with Gasteiger partial charge in [-0.15, -0.1) is 0 Å². The fourth-order valence-electron chi connectivity index (χ4n) is 2.92. The van der Waals surface area contributed by atoms with Crippen molar-refractivity contribution in [2.45, 2.75) is 70.6 Å². The fraction of sp³-hybridized carbons (Fsp3) is 0.929. The highest BCUT2D eigenvalue weighted by Crippen LogP contribution is 2.33. The summed E-state index contributed by atoms with van der Waals surface area (Å²) in [7, 11) is 0. The van der Waals surface area contributed by atoms with E-state index in [0.29, 0.717) is 13.2 Å². The normalized spacial score (nSPS) is 34.3. The summed E-state index contributed by atoms with van der Waals surface area (Å²) < 4.78 is 22.7. The van der Waals surface area contributed by atoms with Crippen molar-refractivity contribution in [3.05, 3.63) is 0 Å². The number of hydrogen-bond acceptors (Lipinski definition) is 5. The third kappa shape index (κ3) is 3.46. The number of fused-ring (bicyclic) bond motifs is 1. The average molecular weight is 272 g/mol. The molecule has 5 heteroatoms. The summed E-state index contributed by atoms with van der Waals surface area (Å²) in [5, 5.41) is 0. The second-order valence-corrected chi connectivity index (χ2v) is 5.91. The molecule has 2 saturated heterocycles. The Kier molecular flexibility index (Phi) is 4.48. The Hall–Kier alpha value is -0.650. The lowest BCUT2D eigenvalue weighted by molar-refractivity contribution is -0.151. The van der Waals surface area contributed by atoms with Crippen LogP contribution in [0.2, 0.25) is 0 Å². The number of carbonyl (C=O) groups is 1. The van der Waals surface area contributed by atoms with Crippen LogP contribution in [0, 0.1) is 0 Å². The number of carbonyl (C=O) groups excluding carboxylic acids is 1. The molecule has 0 spiro atoms. The number of hydrogen-bond donors (Lipinski definition) is 0. The van der Waals surface area contributed by atoms with Gasteiger partial charge in [0.05, 0.1) is 18.8 Å². The molecule has 0 bridgehead atoms. The number of esters is 1. The predicted molar refractivity (Wildman–Crippen MR) is 68.9 cm³/mol. The van der Waals surface area contributed by atoms with Gasteiger partial charge in [0.25, 0.3) is 0 Å². The van der Waals surface area contributed by atoms with Gasteiger partial charge in [0.1, 0.15) is 18.3 Å². The molecule has 2 heterocycles. The molecule has 2 aliphatic heterocycles. The van der Waals surface area contributed by atoms with Crippen LogP contribution in [0.3, 0.4) is 0 Å². The average Bonchev–Trinajstić information content (AvgIpc) is 2.82. The van der Waals surface area contributed by atoms with E-state index in [-0.39, 0.29) is 36.0 Å². The van der Waals surface area contributed by atoms with E-state index in [9.17, 15) is 4.79 Å². The summed E-state index contributed by atoms with van der Waals surface area (Å²) >= 11 is 0. The van der Waals surface area contributed by atoms with E-state index in [1.54, 1.807) is 0 Å². The van der Waals surface area contributed by atoms with Crippen molar-refractivity contribution in [2.75, 3.05) is 13.2 Å². The maximum absolute atomic E-state index is 11.0. The lowest BCUT2D eigenvalue weighted by atomic mass is 10.0. The number of ether oxygens (including phenoxy) is 4. The summed E-state index contributed by atoms with van der Waals surface area (Å²) in [4.78, 5) is 11.0. The van der Waals surface area contributed by atoms with Crippen LogP contribution in [0.25, 0.3) is 0 Å². The molecule has 4 atom stereocenters. The third-order valence-electron chi connectivity index (χ3n) is 3.60. The Labute approximate surface area is 114 Å². The van der Waals surface area contributed by atoms with Gasteiger partial charge in [0, 0.05) is 6.92 Å². The van der Waals surface area contributed by atoms with Gasteiger partial charge in [-0.1, -0.05) is 13.3 Å². The highest BCUT2D eigenvalue weighted by Gasteiger charge is 2.50. The van der Waals surface area contributed by atoms with Gasteiger partial charge in [-0.25, -0.2) is 0 Å². The summed E-state index contributed by atoms with van der Waals surface area (Å²) in [5.74, 6) is -0.298. The van der Waals surface area contributed by atoms with Crippen LogP contribution in [0.4, 0.5) is 0 Å². The van der Waals surface area contributed by atoms with E-state index in [2.05, 4.69) is 20.8 Å². The van der Waals surface area contributed by atoms with Gasteiger partial charge in [0.2, 0.25) is 0 Å². The summed E-state index contributed by atoms with van der Waals surface area (Å²) in [6.07, 6.45) is 1.38. The van der Waals surface area contributed by atoms with Gasteiger partial charge in [-0.3, -0.25) is 4.79 Å². The molecule has 0 saturated carbocycles. The van der Waals surface area contributed by atoms with Gasteiger partial charge < -0.3 is 18.9 Å². The first-order valence-corrected chi connectivity index (χ1v) is 7.01. The predicted octanol–water partition coefficient (Wildman–Crippen LogP) is 1.68. The van der Waals surface area contributed by atoms with Crippen LogP contribution in [0.15, 0.2) is 0 Å². The molecule has 0 radical (unpaired) electrons. The molecular weight excluding hydrogens is 248 g/mol. The molecule has 19 heavy (non-hydrogen) atoms. The lowest BCUT2D eigenvalue weighted by Gasteiger charge is -2.30. The standard InChI is InChI=1S/C14H24O5/c1-5-6-14(3,4)19-11-8-17-12-10(18-9(2)15)7-16-13(11)12/h10-13H,5-8H2,1-4H3/t10-,11-,12-,13-/m1/s1. The van der Waals surface area contributed by atoms with Crippen molar-refractivity contribution < 1.29 is 23.7 Å². The Balaban J connectivity index is 1.92. The molecule has 2 fully saturated rings. The Morgan fingerprint density at radius 3 is 2.37 bits per heavy atom. The van der Waals surface area contributed by atoms with Gasteiger partial charge in [0.15, 0.2) is 6.10 Å². The van der Waals surface area contributed by atoms with Crippen LogP contribution < -0.4 is 0 Å². The summed E-state index contributed by atoms with van der Waals surface area (Å²) in [5.41, 5.74) is -0.180. The molecule has 0 aromatic carbocycles. The van der Waals surface area contributed by atoms with Gasteiger partial charge in [-0.2, -0.15) is 0 Å². The van der Waals surface area contributed by atoms with Crippen LogP contribution in [-0.4, -0.2) is 49.2 Å². The van der Waals surface area contributed by atoms with Crippen molar-refractivity contribution >= 4 is 5.97 Å². The van der Waals surface area contributed by atoms with E-state index < -0.39 is 0 Å². The molecule has 0 amide bonds. The van der Waals surface area contributed by atoms with E-state index in [4.69, 9.17) is 18.9 Å². The van der Waals surface area contributed by atoms with E-state index in [0.717, 1.165) is 12.8 Å². The highest BCUT2D eigenvalue weighted by molar-refractivity contribution is 5.66. The highest BCUT2D eigenvalue weighted by atomic mass is 16.7. The second-order valence-electron chi connectivity index (χ2n) is 5.91. The molecule has 0 unspecified atom stereocenters. The number of rotatable bonds is 5. The Morgan fingerprint density at radius 1 is 1.21 bits per heavy atom. The molecular formula is C14H24O5. The zero-order valence-electron chi connectivity index (χ0n) is 12.2. The van der Waals surface area contributed by atoms with Crippen molar-refractivity contribution in [1.82, 2.24) is 0 Å². The minimum atomic E-state index is -0.301. The Bertz CT molecular complexity index is 328. The zero-order valence-corrected chi connectivity index (χ0v) is 12.2. The molecule has 0 aliphatic carbocycles. The molecule has 5 nitrogen and oxygen atoms in total. The lowest BCUT2D eigenvalue weighted by Crippen LogP contribution is -2.39. The maximum Gasteiger partial charge on any atom is 0.303 e. The smallest absolute Gasteiger partial charge is 0.303 e. The van der Waals surface area contributed by atoms with Crippen LogP contribution in [-0.2, 0) is 23.7 Å². The summed E-state index contributed by atoms with van der Waals surface area (Å²) in [6.45, 7) is 8.61. The monoisotopic (exact) mass is 272 g/mol. The van der Waals surface area contributed by atoms with Crippen LogP contribution in [0.1, 0.15) is 40.5 Å².